The van der Waals surface area contributed by atoms with Gasteiger partial charge in [0.15, 0.2) is 0 Å². The lowest BCUT2D eigenvalue weighted by atomic mass is 9.77. The molecule has 0 radical (unpaired) electrons. The van der Waals surface area contributed by atoms with Gasteiger partial charge in [-0.15, -0.1) is 0 Å². The monoisotopic (exact) mass is 422 g/mol. The van der Waals surface area contributed by atoms with Crippen molar-refractivity contribution in [3.8, 4) is 0 Å². The minimum atomic E-state index is -3.96. The number of nitrogens with one attached hydrogen (secondary N) is 1. The molecular formula is C18H16BrFN2O2S. The molecule has 2 aromatic carbocycles. The fourth-order valence-electron chi connectivity index (χ4n) is 3.79. The van der Waals surface area contributed by atoms with Crippen LogP contribution in [0.2, 0.25) is 0 Å². The van der Waals surface area contributed by atoms with E-state index in [0.717, 1.165) is 22.5 Å². The molecule has 1 heterocycles. The zero-order chi connectivity index (χ0) is 17.8. The molecule has 0 spiro atoms. The summed E-state index contributed by atoms with van der Waals surface area (Å²) in [6.07, 6.45) is 4.95. The lowest BCUT2D eigenvalue weighted by molar-refractivity contribution is 0.420. The zero-order valence-corrected chi connectivity index (χ0v) is 15.5. The van der Waals surface area contributed by atoms with Gasteiger partial charge in [0.05, 0.1) is 16.6 Å². The third kappa shape index (κ3) is 2.90. The Bertz CT molecular complexity index is 973. The topological polar surface area (TPSA) is 72.2 Å². The number of sulfonamides is 1. The summed E-state index contributed by atoms with van der Waals surface area (Å²) in [5.74, 6) is -0.438. The second-order valence-electron chi connectivity index (χ2n) is 6.44. The van der Waals surface area contributed by atoms with Crippen LogP contribution >= 0.6 is 15.9 Å². The van der Waals surface area contributed by atoms with Gasteiger partial charge in [-0.25, -0.2) is 17.9 Å². The van der Waals surface area contributed by atoms with Crippen LogP contribution in [-0.2, 0) is 10.0 Å². The Hall–Kier alpha value is -1.70. The van der Waals surface area contributed by atoms with Crippen molar-refractivity contribution in [2.24, 2.45) is 11.1 Å². The number of benzene rings is 2. The van der Waals surface area contributed by atoms with E-state index in [1.807, 2.05) is 30.3 Å². The number of nitrogens with two attached hydrogens (primary N) is 1. The van der Waals surface area contributed by atoms with Crippen LogP contribution < -0.4 is 10.5 Å². The van der Waals surface area contributed by atoms with Gasteiger partial charge in [0.1, 0.15) is 5.82 Å². The van der Waals surface area contributed by atoms with Crippen LogP contribution in [0.1, 0.15) is 29.5 Å². The van der Waals surface area contributed by atoms with Crippen LogP contribution in [0.3, 0.4) is 0 Å². The lowest BCUT2D eigenvalue weighted by Gasteiger charge is -2.37. The molecule has 0 aromatic heterocycles. The standard InChI is InChI=1S/C18H16BrFN2O2S/c19-11-6-4-10(5-7-11)17-14-3-1-2-13(14)15-8-12(25(21,23)24)9-16(20)18(15)22-17/h1-2,4-9,13-14,17,22H,3H2,(H2,21,23,24). The van der Waals surface area contributed by atoms with E-state index in [1.165, 1.54) is 6.07 Å². The normalized spacial score (nSPS) is 24.5. The molecular weight excluding hydrogens is 407 g/mol. The molecule has 3 atom stereocenters. The Morgan fingerprint density at radius 1 is 1.20 bits per heavy atom. The van der Waals surface area contributed by atoms with Crippen molar-refractivity contribution in [3.05, 3.63) is 70.0 Å². The van der Waals surface area contributed by atoms with Gasteiger partial charge >= 0.3 is 0 Å². The maximum atomic E-state index is 14.7. The molecule has 1 aliphatic heterocycles. The molecule has 3 N–H and O–H groups in total. The van der Waals surface area contributed by atoms with Gasteiger partial charge in [-0.1, -0.05) is 40.2 Å². The molecule has 0 bridgehead atoms. The molecule has 4 rings (SSSR count). The van der Waals surface area contributed by atoms with Gasteiger partial charge in [0.2, 0.25) is 10.0 Å². The third-order valence-electron chi connectivity index (χ3n) is 4.95. The first-order valence-electron chi connectivity index (χ1n) is 7.89. The van der Waals surface area contributed by atoms with Crippen LogP contribution in [0.4, 0.5) is 10.1 Å². The van der Waals surface area contributed by atoms with Gasteiger partial charge in [-0.2, -0.15) is 0 Å². The molecule has 0 saturated heterocycles. The second-order valence-corrected chi connectivity index (χ2v) is 8.92. The molecule has 130 valence electrons. The maximum absolute atomic E-state index is 14.7. The third-order valence-corrected chi connectivity index (χ3v) is 6.37. The van der Waals surface area contributed by atoms with Crippen molar-refractivity contribution in [1.82, 2.24) is 0 Å². The summed E-state index contributed by atoms with van der Waals surface area (Å²) in [5, 5.41) is 8.48. The summed E-state index contributed by atoms with van der Waals surface area (Å²) in [6, 6.07) is 10.4. The number of primary sulfonamides is 1. The lowest BCUT2D eigenvalue weighted by Crippen LogP contribution is -2.30. The van der Waals surface area contributed by atoms with E-state index in [0.29, 0.717) is 11.3 Å². The van der Waals surface area contributed by atoms with Gasteiger partial charge in [-0.3, -0.25) is 0 Å². The highest BCUT2D eigenvalue weighted by atomic mass is 79.9. The van der Waals surface area contributed by atoms with Crippen LogP contribution in [0.5, 0.6) is 0 Å². The van der Waals surface area contributed by atoms with Crippen LogP contribution in [0.25, 0.3) is 0 Å². The Balaban J connectivity index is 1.84. The first kappa shape index (κ1) is 16.8. The Morgan fingerprint density at radius 2 is 1.92 bits per heavy atom. The van der Waals surface area contributed by atoms with Crippen molar-refractivity contribution >= 4 is 31.6 Å². The molecule has 2 aromatic rings. The first-order chi connectivity index (χ1) is 11.8. The van der Waals surface area contributed by atoms with E-state index in [2.05, 4.69) is 27.3 Å². The fourth-order valence-corrected chi connectivity index (χ4v) is 4.62. The number of hydrogen-bond acceptors (Lipinski definition) is 3. The smallest absolute Gasteiger partial charge is 0.238 e. The van der Waals surface area contributed by atoms with Crippen LogP contribution in [0, 0.1) is 11.7 Å². The van der Waals surface area contributed by atoms with Crippen molar-refractivity contribution in [3.63, 3.8) is 0 Å². The predicted molar refractivity (Wildman–Crippen MR) is 98.3 cm³/mol. The number of anilines is 1. The Kier molecular flexibility index (Phi) is 3.97. The molecule has 0 amide bonds. The quantitative estimate of drug-likeness (QED) is 0.716. The Labute approximate surface area is 154 Å². The molecule has 0 fully saturated rings. The minimum Gasteiger partial charge on any atom is -0.375 e. The van der Waals surface area contributed by atoms with Crippen molar-refractivity contribution < 1.29 is 12.8 Å². The highest BCUT2D eigenvalue weighted by Crippen LogP contribution is 2.50. The van der Waals surface area contributed by atoms with Gasteiger partial charge in [0, 0.05) is 10.4 Å². The second kappa shape index (κ2) is 5.93. The van der Waals surface area contributed by atoms with Gasteiger partial charge < -0.3 is 5.32 Å². The molecule has 3 unspecified atom stereocenters. The predicted octanol–water partition coefficient (Wildman–Crippen LogP) is 4.06. The Morgan fingerprint density at radius 3 is 2.60 bits per heavy atom. The molecule has 1 aliphatic carbocycles. The van der Waals surface area contributed by atoms with Crippen molar-refractivity contribution in [1.29, 1.82) is 0 Å². The van der Waals surface area contributed by atoms with E-state index < -0.39 is 15.8 Å². The number of hydrogen-bond donors (Lipinski definition) is 2. The van der Waals surface area contributed by atoms with E-state index in [9.17, 15) is 12.8 Å². The highest BCUT2D eigenvalue weighted by molar-refractivity contribution is 9.10. The summed E-state index contributed by atoms with van der Waals surface area (Å²) >= 11 is 3.43. The molecule has 2 aliphatic rings. The average Bonchev–Trinajstić information content (AvgIpc) is 3.04. The number of allylic oxidation sites excluding steroid dienone is 2. The summed E-state index contributed by atoms with van der Waals surface area (Å²) in [7, 11) is -3.96. The van der Waals surface area contributed by atoms with Crippen LogP contribution in [-0.4, -0.2) is 8.42 Å². The van der Waals surface area contributed by atoms with Crippen molar-refractivity contribution in [2.45, 2.75) is 23.3 Å². The number of fused-ring (bicyclic) bond motifs is 3. The molecule has 25 heavy (non-hydrogen) atoms. The average molecular weight is 423 g/mol. The van der Waals surface area contributed by atoms with E-state index in [-0.39, 0.29) is 22.8 Å². The SMILES string of the molecule is NS(=O)(=O)c1cc(F)c2c(c1)C1C=CCC1C(c1ccc(Br)cc1)N2. The largest absolute Gasteiger partial charge is 0.375 e. The summed E-state index contributed by atoms with van der Waals surface area (Å²) in [4.78, 5) is -0.188. The van der Waals surface area contributed by atoms with E-state index in [4.69, 9.17) is 5.14 Å². The summed E-state index contributed by atoms with van der Waals surface area (Å²) < 4.78 is 38.9. The molecule has 4 nitrogen and oxygen atoms in total. The van der Waals surface area contributed by atoms with E-state index in [1.54, 1.807) is 0 Å². The number of halogens is 2. The van der Waals surface area contributed by atoms with Crippen molar-refractivity contribution in [2.75, 3.05) is 5.32 Å². The fraction of sp³-hybridized carbons (Fsp3) is 0.222. The van der Waals surface area contributed by atoms with E-state index >= 15 is 0 Å². The summed E-state index contributed by atoms with van der Waals surface area (Å²) in [6.45, 7) is 0. The highest BCUT2D eigenvalue weighted by Gasteiger charge is 2.39. The van der Waals surface area contributed by atoms with Gasteiger partial charge in [0.25, 0.3) is 0 Å². The van der Waals surface area contributed by atoms with Gasteiger partial charge in [-0.05, 0) is 47.7 Å². The number of rotatable bonds is 2. The molecule has 0 saturated carbocycles. The van der Waals surface area contributed by atoms with Crippen LogP contribution in [0.15, 0.2) is 57.9 Å². The maximum Gasteiger partial charge on any atom is 0.238 e. The molecule has 7 heteroatoms. The summed E-state index contributed by atoms with van der Waals surface area (Å²) in [5.41, 5.74) is 2.08. The first-order valence-corrected chi connectivity index (χ1v) is 10.2. The minimum absolute atomic E-state index is 0.0407. The zero-order valence-electron chi connectivity index (χ0n) is 13.1.